The summed E-state index contributed by atoms with van der Waals surface area (Å²) in [7, 11) is -1.67. The summed E-state index contributed by atoms with van der Waals surface area (Å²) in [6.07, 6.45) is 1.60. The normalized spacial score (nSPS) is 17.2. The van der Waals surface area contributed by atoms with Crippen molar-refractivity contribution in [3.8, 4) is 5.75 Å². The zero-order valence-corrected chi connectivity index (χ0v) is 17.7. The number of methoxy groups -OCH3 is 1. The van der Waals surface area contributed by atoms with Gasteiger partial charge in [0.15, 0.2) is 0 Å². The Morgan fingerprint density at radius 3 is 2.50 bits per heavy atom. The van der Waals surface area contributed by atoms with Crippen LogP contribution in [0.5, 0.6) is 5.75 Å². The number of rotatable bonds is 7. The van der Waals surface area contributed by atoms with Crippen molar-refractivity contribution in [2.75, 3.05) is 38.5 Å². The van der Waals surface area contributed by atoms with Gasteiger partial charge in [-0.25, -0.2) is 9.87 Å². The Bertz CT molecular complexity index is 874. The van der Waals surface area contributed by atoms with E-state index in [-0.39, 0.29) is 0 Å². The molecule has 2 N–H and O–H groups in total. The van der Waals surface area contributed by atoms with Crippen molar-refractivity contribution < 1.29 is 14.0 Å². The van der Waals surface area contributed by atoms with Crippen LogP contribution in [0.3, 0.4) is 0 Å². The van der Waals surface area contributed by atoms with Crippen LogP contribution >= 0.6 is 30.8 Å². The fraction of sp³-hybridized carbons (Fsp3) is 0.278. The number of hydrogen-bond acceptors (Lipinski definition) is 4. The monoisotopic (exact) mass is 442 g/mol. The molecule has 0 radical (unpaired) electrons. The summed E-state index contributed by atoms with van der Waals surface area (Å²) < 4.78 is 26.0. The van der Waals surface area contributed by atoms with Crippen LogP contribution in [0.1, 0.15) is 5.56 Å². The zero-order chi connectivity index (χ0) is 20.0. The number of nitrogens with one attached hydrogen (secondary N) is 2. The maximum Gasteiger partial charge on any atom is 0.346 e. The van der Waals surface area contributed by atoms with Gasteiger partial charge in [0.1, 0.15) is 5.75 Å². The summed E-state index contributed by atoms with van der Waals surface area (Å²) in [5, 5.41) is 10.8. The Balaban J connectivity index is 1.77. The lowest BCUT2D eigenvalue weighted by molar-refractivity contribution is 0.0717. The molecule has 1 heterocycles. The van der Waals surface area contributed by atoms with Crippen molar-refractivity contribution in [3.63, 3.8) is 0 Å². The Morgan fingerprint density at radius 2 is 1.86 bits per heavy atom. The van der Waals surface area contributed by atoms with Crippen LogP contribution in [-0.4, -0.2) is 44.3 Å². The van der Waals surface area contributed by atoms with E-state index in [9.17, 15) is 4.57 Å². The first kappa shape index (κ1) is 21.0. The molecule has 0 amide bonds. The number of ether oxygens (including phenoxy) is 2. The van der Waals surface area contributed by atoms with Gasteiger partial charge in [0, 0.05) is 18.8 Å². The summed E-state index contributed by atoms with van der Waals surface area (Å²) in [4.78, 5) is 0. The molecule has 2 aromatic carbocycles. The molecular weight excluding hydrogens is 422 g/mol. The van der Waals surface area contributed by atoms with Gasteiger partial charge in [0.2, 0.25) is 0 Å². The second-order valence-corrected chi connectivity index (χ2v) is 8.97. The number of hydrogen-bond donors (Lipinski definition) is 2. The number of benzene rings is 2. The molecule has 10 heteroatoms. The average Bonchev–Trinajstić information content (AvgIpc) is 2.72. The summed E-state index contributed by atoms with van der Waals surface area (Å²) >= 11 is 12.1. The lowest BCUT2D eigenvalue weighted by atomic mass is 10.2. The maximum absolute atomic E-state index is 13.7. The first-order valence-corrected chi connectivity index (χ1v) is 11.0. The number of anilines is 1. The third kappa shape index (κ3) is 5.40. The Labute approximate surface area is 174 Å². The van der Waals surface area contributed by atoms with Crippen LogP contribution in [-0.2, 0) is 9.30 Å². The van der Waals surface area contributed by atoms with Gasteiger partial charge in [-0.15, -0.1) is 0 Å². The molecule has 1 aliphatic heterocycles. The second-order valence-electron chi connectivity index (χ2n) is 6.01. The largest absolute Gasteiger partial charge is 0.497 e. The van der Waals surface area contributed by atoms with Gasteiger partial charge in [-0.2, -0.15) is 5.10 Å². The lowest BCUT2D eigenvalue weighted by Crippen LogP contribution is -2.38. The highest BCUT2D eigenvalue weighted by Gasteiger charge is 2.32. The van der Waals surface area contributed by atoms with E-state index in [1.165, 1.54) is 0 Å². The Morgan fingerprint density at radius 1 is 1.14 bits per heavy atom. The Kier molecular flexibility index (Phi) is 7.21. The number of halogens is 2. The van der Waals surface area contributed by atoms with Crippen molar-refractivity contribution in [2.45, 2.75) is 0 Å². The minimum Gasteiger partial charge on any atom is -0.497 e. The SMILES string of the molecule is COc1ccc(/C=N/NP(=O)(Nc2ccc(Cl)c(Cl)c2)N2CCOCC2)cc1. The Hall–Kier alpha value is -1.76. The van der Waals surface area contributed by atoms with Crippen molar-refractivity contribution in [3.05, 3.63) is 58.1 Å². The van der Waals surface area contributed by atoms with Crippen LogP contribution in [0.4, 0.5) is 5.69 Å². The summed E-state index contributed by atoms with van der Waals surface area (Å²) in [5.74, 6) is 0.755. The first-order chi connectivity index (χ1) is 13.5. The molecule has 0 saturated carbocycles. The lowest BCUT2D eigenvalue weighted by Gasteiger charge is -2.34. The van der Waals surface area contributed by atoms with E-state index in [1.807, 2.05) is 24.3 Å². The molecule has 28 heavy (non-hydrogen) atoms. The zero-order valence-electron chi connectivity index (χ0n) is 15.3. The molecule has 1 aliphatic rings. The molecule has 0 spiro atoms. The molecule has 3 rings (SSSR count). The first-order valence-electron chi connectivity index (χ1n) is 8.61. The van der Waals surface area contributed by atoms with Crippen LogP contribution in [0.15, 0.2) is 47.6 Å². The van der Waals surface area contributed by atoms with Crippen LogP contribution in [0.25, 0.3) is 0 Å². The third-order valence-corrected chi connectivity index (χ3v) is 6.99. The van der Waals surface area contributed by atoms with Gasteiger partial charge in [-0.3, -0.25) is 4.57 Å². The third-order valence-electron chi connectivity index (χ3n) is 4.11. The van der Waals surface area contributed by atoms with E-state index in [1.54, 1.807) is 36.2 Å². The fourth-order valence-corrected chi connectivity index (χ4v) is 4.65. The molecule has 0 aliphatic carbocycles. The standard InChI is InChI=1S/C18H21Cl2N4O3P/c1-26-16-5-2-14(3-6-16)13-21-23-28(25,24-8-10-27-11-9-24)22-15-4-7-17(19)18(20)12-15/h2-7,12-13H,8-11H2,1H3,(H2,22,23,25)/b21-13+. The van der Waals surface area contributed by atoms with E-state index in [0.29, 0.717) is 42.0 Å². The van der Waals surface area contributed by atoms with Gasteiger partial charge in [-0.05, 0) is 48.0 Å². The van der Waals surface area contributed by atoms with Crippen LogP contribution in [0, 0.1) is 0 Å². The van der Waals surface area contributed by atoms with Crippen LogP contribution < -0.4 is 15.0 Å². The minimum absolute atomic E-state index is 0.377. The number of morpholine rings is 1. The van der Waals surface area contributed by atoms with Gasteiger partial charge in [-0.1, -0.05) is 23.2 Å². The van der Waals surface area contributed by atoms with Gasteiger partial charge >= 0.3 is 7.59 Å². The van der Waals surface area contributed by atoms with E-state index in [0.717, 1.165) is 11.3 Å². The average molecular weight is 443 g/mol. The second kappa shape index (κ2) is 9.63. The van der Waals surface area contributed by atoms with E-state index in [4.69, 9.17) is 32.7 Å². The molecule has 2 aromatic rings. The highest BCUT2D eigenvalue weighted by molar-refractivity contribution is 7.61. The molecule has 150 valence electrons. The quantitative estimate of drug-likeness (QED) is 0.374. The topological polar surface area (TPSA) is 75.2 Å². The predicted molar refractivity (Wildman–Crippen MR) is 114 cm³/mol. The van der Waals surface area contributed by atoms with E-state index >= 15 is 0 Å². The van der Waals surface area contributed by atoms with Crippen molar-refractivity contribution in [1.82, 2.24) is 9.87 Å². The van der Waals surface area contributed by atoms with Gasteiger partial charge in [0.25, 0.3) is 0 Å². The molecule has 1 fully saturated rings. The molecule has 1 unspecified atom stereocenters. The summed E-state index contributed by atoms with van der Waals surface area (Å²) in [5.41, 5.74) is 1.42. The van der Waals surface area contributed by atoms with Crippen molar-refractivity contribution in [1.29, 1.82) is 0 Å². The highest BCUT2D eigenvalue weighted by Crippen LogP contribution is 2.46. The molecule has 0 aromatic heterocycles. The van der Waals surface area contributed by atoms with E-state index in [2.05, 4.69) is 15.4 Å². The summed E-state index contributed by atoms with van der Waals surface area (Å²) in [6, 6.07) is 12.4. The fourth-order valence-electron chi connectivity index (χ4n) is 2.61. The van der Waals surface area contributed by atoms with Crippen molar-refractivity contribution >= 4 is 42.7 Å². The number of nitrogens with zero attached hydrogens (tertiary/aromatic N) is 2. The molecule has 1 atom stereocenters. The number of hydrazone groups is 1. The van der Waals surface area contributed by atoms with Crippen LogP contribution in [0.2, 0.25) is 10.0 Å². The maximum atomic E-state index is 13.7. The van der Waals surface area contributed by atoms with E-state index < -0.39 is 7.59 Å². The summed E-state index contributed by atoms with van der Waals surface area (Å²) in [6.45, 7) is 2.02. The predicted octanol–water partition coefficient (Wildman–Crippen LogP) is 4.48. The van der Waals surface area contributed by atoms with Crippen molar-refractivity contribution in [2.24, 2.45) is 5.10 Å². The van der Waals surface area contributed by atoms with Gasteiger partial charge in [0.05, 0.1) is 36.6 Å². The van der Waals surface area contributed by atoms with Gasteiger partial charge < -0.3 is 14.6 Å². The molecule has 1 saturated heterocycles. The minimum atomic E-state index is -3.27. The highest BCUT2D eigenvalue weighted by atomic mass is 35.5. The smallest absolute Gasteiger partial charge is 0.346 e. The molecular formula is C18H21Cl2N4O3P. The molecule has 7 nitrogen and oxygen atoms in total. The molecule has 0 bridgehead atoms.